The molecular formula is C15H18O. The Balaban J connectivity index is 3.51. The minimum Gasteiger partial charge on any atom is -0.496 e. The molecule has 1 rings (SSSR count). The number of ether oxygens (including phenoxy) is 1. The molecule has 1 nitrogen and oxygen atoms in total. The van der Waals surface area contributed by atoms with Gasteiger partial charge in [-0.05, 0) is 36.6 Å². The molecule has 16 heavy (non-hydrogen) atoms. The second kappa shape index (κ2) is 5.36. The van der Waals surface area contributed by atoms with E-state index in [1.165, 1.54) is 16.7 Å². The van der Waals surface area contributed by atoms with Crippen LogP contribution >= 0.6 is 0 Å². The monoisotopic (exact) mass is 214 g/mol. The second-order valence-corrected chi connectivity index (χ2v) is 3.66. The molecule has 0 spiro atoms. The summed E-state index contributed by atoms with van der Waals surface area (Å²) >= 11 is 0. The average Bonchev–Trinajstić information content (AvgIpc) is 2.28. The molecule has 0 aliphatic carbocycles. The van der Waals surface area contributed by atoms with Gasteiger partial charge in [-0.2, -0.15) is 0 Å². The summed E-state index contributed by atoms with van der Waals surface area (Å²) in [7, 11) is 1.65. The molecule has 0 radical (unpaired) electrons. The summed E-state index contributed by atoms with van der Waals surface area (Å²) in [4.78, 5) is 0. The van der Waals surface area contributed by atoms with Crippen molar-refractivity contribution < 1.29 is 4.74 Å². The Morgan fingerprint density at radius 2 is 1.69 bits per heavy atom. The number of benzene rings is 1. The van der Waals surface area contributed by atoms with Gasteiger partial charge in [0.1, 0.15) is 5.76 Å². The summed E-state index contributed by atoms with van der Waals surface area (Å²) < 4.78 is 5.31. The zero-order chi connectivity index (χ0) is 12.1. The lowest BCUT2D eigenvalue weighted by Crippen LogP contribution is -1.95. The Hall–Kier alpha value is -1.76. The van der Waals surface area contributed by atoms with Crippen molar-refractivity contribution in [1.29, 1.82) is 0 Å². The summed E-state index contributed by atoms with van der Waals surface area (Å²) in [6, 6.07) is 6.22. The van der Waals surface area contributed by atoms with Gasteiger partial charge in [-0.3, -0.25) is 0 Å². The average molecular weight is 214 g/mol. The number of hydrogen-bond donors (Lipinski definition) is 0. The molecule has 0 aromatic heterocycles. The number of aryl methyl sites for hydroxylation is 2. The first-order chi connectivity index (χ1) is 7.65. The summed E-state index contributed by atoms with van der Waals surface area (Å²) in [5.41, 5.74) is 4.60. The van der Waals surface area contributed by atoms with Crippen LogP contribution in [-0.4, -0.2) is 7.11 Å². The molecule has 0 N–H and O–H groups in total. The zero-order valence-corrected chi connectivity index (χ0v) is 10.2. The van der Waals surface area contributed by atoms with Crippen molar-refractivity contribution >= 4 is 5.57 Å². The highest BCUT2D eigenvalue weighted by Gasteiger charge is 2.09. The first-order valence-electron chi connectivity index (χ1n) is 5.25. The quantitative estimate of drug-likeness (QED) is 0.543. The van der Waals surface area contributed by atoms with Crippen molar-refractivity contribution in [1.82, 2.24) is 0 Å². The molecule has 84 valence electrons. The lowest BCUT2D eigenvalue weighted by molar-refractivity contribution is 0.309. The maximum Gasteiger partial charge on any atom is 0.126 e. The van der Waals surface area contributed by atoms with E-state index in [1.54, 1.807) is 13.2 Å². The minimum atomic E-state index is 0.757. The van der Waals surface area contributed by atoms with Crippen LogP contribution in [0.3, 0.4) is 0 Å². The van der Waals surface area contributed by atoms with Crippen LogP contribution < -0.4 is 0 Å². The highest BCUT2D eigenvalue weighted by atomic mass is 16.5. The SMILES string of the molecule is C=C/C(OC)=C(\C=C)c1c(C)cccc1C. The molecular weight excluding hydrogens is 196 g/mol. The predicted octanol–water partition coefficient (Wildman–Crippen LogP) is 4.03. The van der Waals surface area contributed by atoms with Gasteiger partial charge in [0.25, 0.3) is 0 Å². The van der Waals surface area contributed by atoms with Crippen LogP contribution in [0, 0.1) is 13.8 Å². The van der Waals surface area contributed by atoms with Gasteiger partial charge in [0.15, 0.2) is 0 Å². The van der Waals surface area contributed by atoms with E-state index in [0.717, 1.165) is 11.3 Å². The number of methoxy groups -OCH3 is 1. The van der Waals surface area contributed by atoms with Crippen molar-refractivity contribution in [3.8, 4) is 0 Å². The maximum absolute atomic E-state index is 5.31. The third-order valence-electron chi connectivity index (χ3n) is 2.63. The smallest absolute Gasteiger partial charge is 0.126 e. The van der Waals surface area contributed by atoms with E-state index < -0.39 is 0 Å². The van der Waals surface area contributed by atoms with Gasteiger partial charge in [-0.1, -0.05) is 37.4 Å². The van der Waals surface area contributed by atoms with E-state index in [1.807, 2.05) is 6.08 Å². The van der Waals surface area contributed by atoms with Crippen molar-refractivity contribution in [2.45, 2.75) is 13.8 Å². The predicted molar refractivity (Wildman–Crippen MR) is 70.2 cm³/mol. The van der Waals surface area contributed by atoms with Gasteiger partial charge in [-0.15, -0.1) is 0 Å². The van der Waals surface area contributed by atoms with Crippen LogP contribution in [0.15, 0.2) is 49.3 Å². The maximum atomic E-state index is 5.31. The molecule has 0 aliphatic heterocycles. The minimum absolute atomic E-state index is 0.757. The molecule has 0 saturated heterocycles. The molecule has 0 heterocycles. The molecule has 0 atom stereocenters. The van der Waals surface area contributed by atoms with Gasteiger partial charge in [0.05, 0.1) is 7.11 Å². The second-order valence-electron chi connectivity index (χ2n) is 3.66. The number of hydrogen-bond acceptors (Lipinski definition) is 1. The van der Waals surface area contributed by atoms with Crippen molar-refractivity contribution in [3.63, 3.8) is 0 Å². The molecule has 1 aromatic carbocycles. The summed E-state index contributed by atoms with van der Waals surface area (Å²) in [6.45, 7) is 11.8. The standard InChI is InChI=1S/C15H18O/c1-6-13(14(7-2)16-5)15-11(3)9-8-10-12(15)4/h6-10H,1-2H2,3-5H3/b14-13-. The van der Waals surface area contributed by atoms with E-state index in [0.29, 0.717) is 0 Å². The summed E-state index contributed by atoms with van der Waals surface area (Å²) in [6.07, 6.45) is 3.53. The lowest BCUT2D eigenvalue weighted by Gasteiger charge is -2.13. The van der Waals surface area contributed by atoms with Crippen molar-refractivity contribution in [3.05, 3.63) is 66.0 Å². The first kappa shape index (κ1) is 12.3. The molecule has 0 unspecified atom stereocenters. The molecule has 0 bridgehead atoms. The molecule has 0 amide bonds. The summed E-state index contributed by atoms with van der Waals surface area (Å²) in [5, 5.41) is 0. The van der Waals surface area contributed by atoms with Crippen molar-refractivity contribution in [2.24, 2.45) is 0 Å². The topological polar surface area (TPSA) is 9.23 Å². The Morgan fingerprint density at radius 1 is 1.12 bits per heavy atom. The van der Waals surface area contributed by atoms with Crippen LogP contribution in [0.2, 0.25) is 0 Å². The first-order valence-corrected chi connectivity index (χ1v) is 5.25. The highest BCUT2D eigenvalue weighted by Crippen LogP contribution is 2.27. The number of rotatable bonds is 4. The molecule has 0 saturated carbocycles. The van der Waals surface area contributed by atoms with Crippen LogP contribution in [0.5, 0.6) is 0 Å². The van der Waals surface area contributed by atoms with Crippen molar-refractivity contribution in [2.75, 3.05) is 7.11 Å². The summed E-state index contributed by atoms with van der Waals surface area (Å²) in [5.74, 6) is 0.757. The van der Waals surface area contributed by atoms with E-state index in [-0.39, 0.29) is 0 Å². The van der Waals surface area contributed by atoms with E-state index in [2.05, 4.69) is 45.2 Å². The third kappa shape index (κ3) is 2.25. The van der Waals surface area contributed by atoms with Crippen LogP contribution in [-0.2, 0) is 4.74 Å². The van der Waals surface area contributed by atoms with Crippen LogP contribution in [0.4, 0.5) is 0 Å². The normalized spacial score (nSPS) is 11.7. The van der Waals surface area contributed by atoms with Crippen LogP contribution in [0.1, 0.15) is 16.7 Å². The van der Waals surface area contributed by atoms with Gasteiger partial charge in [0, 0.05) is 5.57 Å². The fourth-order valence-electron chi connectivity index (χ4n) is 1.87. The molecule has 0 aliphatic rings. The van der Waals surface area contributed by atoms with E-state index in [9.17, 15) is 0 Å². The molecule has 1 aromatic rings. The Bertz CT molecular complexity index is 418. The van der Waals surface area contributed by atoms with Gasteiger partial charge in [-0.25, -0.2) is 0 Å². The Labute approximate surface area is 97.8 Å². The van der Waals surface area contributed by atoms with E-state index >= 15 is 0 Å². The molecule has 1 heteroatoms. The molecule has 0 fully saturated rings. The third-order valence-corrected chi connectivity index (χ3v) is 2.63. The van der Waals surface area contributed by atoms with E-state index in [4.69, 9.17) is 4.74 Å². The number of allylic oxidation sites excluding steroid dienone is 3. The highest BCUT2D eigenvalue weighted by molar-refractivity contribution is 5.80. The Morgan fingerprint density at radius 3 is 2.06 bits per heavy atom. The fourth-order valence-corrected chi connectivity index (χ4v) is 1.87. The van der Waals surface area contributed by atoms with Gasteiger partial charge in [0.2, 0.25) is 0 Å². The fraction of sp³-hybridized carbons (Fsp3) is 0.200. The van der Waals surface area contributed by atoms with Crippen LogP contribution in [0.25, 0.3) is 5.57 Å². The Kier molecular flexibility index (Phi) is 4.12. The lowest BCUT2D eigenvalue weighted by atomic mass is 9.94. The zero-order valence-electron chi connectivity index (χ0n) is 10.2. The van der Waals surface area contributed by atoms with Gasteiger partial charge >= 0.3 is 0 Å². The largest absolute Gasteiger partial charge is 0.496 e. The van der Waals surface area contributed by atoms with Gasteiger partial charge < -0.3 is 4.74 Å².